The van der Waals surface area contributed by atoms with Gasteiger partial charge in [-0.1, -0.05) is 23.8 Å². The van der Waals surface area contributed by atoms with Crippen molar-refractivity contribution in [2.24, 2.45) is 5.92 Å². The minimum absolute atomic E-state index is 0.0109. The molecule has 2 aromatic heterocycles. The number of aromatic nitrogens is 3. The minimum atomic E-state index is -0.507. The molecule has 9 heteroatoms. The van der Waals surface area contributed by atoms with Crippen LogP contribution in [-0.2, 0) is 4.74 Å². The van der Waals surface area contributed by atoms with E-state index in [1.807, 2.05) is 43.7 Å². The molecule has 1 aliphatic heterocycles. The Hall–Kier alpha value is -3.46. The molecule has 1 saturated heterocycles. The number of rotatable bonds is 5. The Kier molecular flexibility index (Phi) is 7.49. The van der Waals surface area contributed by atoms with Gasteiger partial charge in [0.05, 0.1) is 6.10 Å². The monoisotopic (exact) mass is 559 g/mol. The van der Waals surface area contributed by atoms with E-state index in [4.69, 9.17) is 9.72 Å². The quantitative estimate of drug-likeness (QED) is 0.388. The first-order valence-electron chi connectivity index (χ1n) is 15.1. The van der Waals surface area contributed by atoms with Crippen molar-refractivity contribution in [3.63, 3.8) is 0 Å². The number of aliphatic hydroxyl groups is 1. The number of likely N-dealkylation sites (tertiary alicyclic amines) is 1. The van der Waals surface area contributed by atoms with Gasteiger partial charge >= 0.3 is 6.09 Å². The lowest BCUT2D eigenvalue weighted by Gasteiger charge is -2.31. The molecular formula is C32H41N5O4. The summed E-state index contributed by atoms with van der Waals surface area (Å²) in [5.74, 6) is 1.25. The van der Waals surface area contributed by atoms with Crippen molar-refractivity contribution in [2.45, 2.75) is 89.9 Å². The third-order valence-electron chi connectivity index (χ3n) is 8.49. The number of carbonyl (C=O) groups excluding carboxylic acids is 1. The van der Waals surface area contributed by atoms with Crippen LogP contribution in [0.4, 0.5) is 10.7 Å². The number of piperidine rings is 1. The van der Waals surface area contributed by atoms with Crippen molar-refractivity contribution in [3.8, 4) is 0 Å². The van der Waals surface area contributed by atoms with Crippen LogP contribution in [0, 0.1) is 5.92 Å². The van der Waals surface area contributed by atoms with E-state index in [1.165, 1.54) is 18.4 Å². The van der Waals surface area contributed by atoms with Gasteiger partial charge in [-0.15, -0.1) is 0 Å². The zero-order valence-corrected chi connectivity index (χ0v) is 24.4. The predicted octanol–water partition coefficient (Wildman–Crippen LogP) is 5.66. The molecule has 41 heavy (non-hydrogen) atoms. The van der Waals surface area contributed by atoms with Gasteiger partial charge in [0.1, 0.15) is 11.2 Å². The van der Waals surface area contributed by atoms with Crippen molar-refractivity contribution in [1.29, 1.82) is 0 Å². The molecule has 2 N–H and O–H groups in total. The SMILES string of the molecule is CC(C)(C)OC(=O)N1CCC(=Cc2ccc3c(c2)c(=O)n(C2CCC(O)CC2)c2nc(NCC4CC4)ncc32)CC1. The lowest BCUT2D eigenvalue weighted by atomic mass is 9.92. The van der Waals surface area contributed by atoms with Crippen LogP contribution < -0.4 is 10.9 Å². The zero-order valence-electron chi connectivity index (χ0n) is 24.4. The van der Waals surface area contributed by atoms with Gasteiger partial charge in [-0.3, -0.25) is 9.36 Å². The van der Waals surface area contributed by atoms with Crippen LogP contribution in [0.15, 0.2) is 34.8 Å². The molecule has 2 aliphatic carbocycles. The second-order valence-electron chi connectivity index (χ2n) is 13.0. The molecule has 0 spiro atoms. The maximum absolute atomic E-state index is 14.1. The second kappa shape index (κ2) is 11.1. The molecule has 1 aromatic carbocycles. The summed E-state index contributed by atoms with van der Waals surface area (Å²) < 4.78 is 7.40. The summed E-state index contributed by atoms with van der Waals surface area (Å²) in [6.07, 6.45) is 10.3. The smallest absolute Gasteiger partial charge is 0.410 e. The first kappa shape index (κ1) is 27.7. The number of carbonyl (C=O) groups is 1. The van der Waals surface area contributed by atoms with E-state index in [0.717, 1.165) is 48.6 Å². The number of hydrogen-bond donors (Lipinski definition) is 2. The average Bonchev–Trinajstić information content (AvgIpc) is 3.77. The van der Waals surface area contributed by atoms with Gasteiger partial charge < -0.3 is 20.1 Å². The van der Waals surface area contributed by atoms with Crippen LogP contribution in [-0.4, -0.2) is 62.0 Å². The van der Waals surface area contributed by atoms with Crippen molar-refractivity contribution in [3.05, 3.63) is 45.9 Å². The maximum Gasteiger partial charge on any atom is 0.410 e. The largest absolute Gasteiger partial charge is 0.444 e. The minimum Gasteiger partial charge on any atom is -0.444 e. The van der Waals surface area contributed by atoms with Crippen molar-refractivity contribution < 1.29 is 14.6 Å². The fourth-order valence-electron chi connectivity index (χ4n) is 6.02. The van der Waals surface area contributed by atoms with Crippen molar-refractivity contribution >= 4 is 39.9 Å². The number of aliphatic hydroxyl groups excluding tert-OH is 1. The van der Waals surface area contributed by atoms with Gasteiger partial charge in [-0.25, -0.2) is 9.78 Å². The molecule has 9 nitrogen and oxygen atoms in total. The molecule has 0 unspecified atom stereocenters. The maximum atomic E-state index is 14.1. The molecule has 3 aliphatic rings. The van der Waals surface area contributed by atoms with Crippen LogP contribution in [0.1, 0.15) is 83.7 Å². The highest BCUT2D eigenvalue weighted by molar-refractivity contribution is 6.04. The number of amides is 1. The second-order valence-corrected chi connectivity index (χ2v) is 13.0. The highest BCUT2D eigenvalue weighted by Crippen LogP contribution is 2.33. The summed E-state index contributed by atoms with van der Waals surface area (Å²) in [6, 6.07) is 6.03. The van der Waals surface area contributed by atoms with Crippen LogP contribution in [0.2, 0.25) is 0 Å². The zero-order chi connectivity index (χ0) is 28.7. The number of benzene rings is 1. The molecule has 3 aromatic rings. The van der Waals surface area contributed by atoms with E-state index in [2.05, 4.69) is 22.4 Å². The highest BCUT2D eigenvalue weighted by atomic mass is 16.6. The fraction of sp³-hybridized carbons (Fsp3) is 0.562. The summed E-state index contributed by atoms with van der Waals surface area (Å²) >= 11 is 0. The molecule has 0 atom stereocenters. The standard InChI is InChI=1S/C32H41N5O4/c1-32(2,3)41-31(40)36-14-12-20(13-15-36)16-22-6-11-25-26(17-22)29(39)37(23-7-9-24(38)10-8-23)28-27(25)19-34-30(35-28)33-18-21-4-5-21/h6,11,16-17,19,21,23-24,38H,4-5,7-10,12-15,18H2,1-3H3,(H,33,34,35). The molecule has 0 radical (unpaired) electrons. The lowest BCUT2D eigenvalue weighted by Crippen LogP contribution is -2.40. The highest BCUT2D eigenvalue weighted by Gasteiger charge is 2.27. The normalized spacial score (nSPS) is 21.8. The van der Waals surface area contributed by atoms with E-state index in [1.54, 1.807) is 4.90 Å². The number of fused-ring (bicyclic) bond motifs is 3. The van der Waals surface area contributed by atoms with Gasteiger partial charge in [-0.2, -0.15) is 4.98 Å². The fourth-order valence-corrected chi connectivity index (χ4v) is 6.02. The van der Waals surface area contributed by atoms with Gasteiger partial charge in [0.2, 0.25) is 5.95 Å². The Morgan fingerprint density at radius 3 is 2.49 bits per heavy atom. The van der Waals surface area contributed by atoms with Gasteiger partial charge in [0.15, 0.2) is 0 Å². The van der Waals surface area contributed by atoms with E-state index in [0.29, 0.717) is 48.8 Å². The molecule has 0 bridgehead atoms. The van der Waals surface area contributed by atoms with E-state index >= 15 is 0 Å². The Morgan fingerprint density at radius 1 is 1.07 bits per heavy atom. The summed E-state index contributed by atoms with van der Waals surface area (Å²) in [7, 11) is 0. The first-order valence-corrected chi connectivity index (χ1v) is 15.1. The Labute approximate surface area is 240 Å². The summed E-state index contributed by atoms with van der Waals surface area (Å²) in [5, 5.41) is 15.9. The summed E-state index contributed by atoms with van der Waals surface area (Å²) in [4.78, 5) is 37.8. The Bertz CT molecular complexity index is 1530. The predicted molar refractivity (Wildman–Crippen MR) is 161 cm³/mol. The first-order chi connectivity index (χ1) is 19.6. The van der Waals surface area contributed by atoms with Gasteiger partial charge in [0, 0.05) is 42.6 Å². The summed E-state index contributed by atoms with van der Waals surface area (Å²) in [6.45, 7) is 7.73. The van der Waals surface area contributed by atoms with Crippen molar-refractivity contribution in [1.82, 2.24) is 19.4 Å². The topological polar surface area (TPSA) is 110 Å². The number of nitrogens with zero attached hydrogens (tertiary/aromatic N) is 4. The molecule has 218 valence electrons. The van der Waals surface area contributed by atoms with Gasteiger partial charge in [0.25, 0.3) is 5.56 Å². The third kappa shape index (κ3) is 6.25. The molecular weight excluding hydrogens is 518 g/mol. The van der Waals surface area contributed by atoms with Crippen LogP contribution >= 0.6 is 0 Å². The van der Waals surface area contributed by atoms with Crippen LogP contribution in [0.5, 0.6) is 0 Å². The molecule has 3 heterocycles. The van der Waals surface area contributed by atoms with Crippen LogP contribution in [0.25, 0.3) is 27.9 Å². The lowest BCUT2D eigenvalue weighted by molar-refractivity contribution is 0.0237. The average molecular weight is 560 g/mol. The van der Waals surface area contributed by atoms with Crippen LogP contribution in [0.3, 0.4) is 0 Å². The molecule has 2 saturated carbocycles. The van der Waals surface area contributed by atoms with Crippen molar-refractivity contribution in [2.75, 3.05) is 25.0 Å². The molecule has 3 fully saturated rings. The number of anilines is 1. The number of pyridine rings is 1. The van der Waals surface area contributed by atoms with E-state index < -0.39 is 5.60 Å². The number of ether oxygens (including phenoxy) is 1. The molecule has 1 amide bonds. The Balaban J connectivity index is 1.32. The number of nitrogens with one attached hydrogen (secondary N) is 1. The van der Waals surface area contributed by atoms with Gasteiger partial charge in [-0.05, 0) is 95.1 Å². The summed E-state index contributed by atoms with van der Waals surface area (Å²) in [5.41, 5.74) is 2.34. The van der Waals surface area contributed by atoms with E-state index in [9.17, 15) is 14.7 Å². The third-order valence-corrected chi connectivity index (χ3v) is 8.49. The number of hydrogen-bond acceptors (Lipinski definition) is 7. The molecule has 6 rings (SSSR count). The Morgan fingerprint density at radius 2 is 1.80 bits per heavy atom. The van der Waals surface area contributed by atoms with E-state index in [-0.39, 0.29) is 23.8 Å².